The van der Waals surface area contributed by atoms with E-state index in [0.717, 1.165) is 38.9 Å². The number of likely N-dealkylation sites (N-methyl/N-ethyl adjacent to an activating group) is 1. The van der Waals surface area contributed by atoms with Crippen LogP contribution in [0.25, 0.3) is 0 Å². The zero-order valence-corrected chi connectivity index (χ0v) is 11.2. The van der Waals surface area contributed by atoms with Crippen LogP contribution in [0.15, 0.2) is 0 Å². The van der Waals surface area contributed by atoms with Crippen molar-refractivity contribution < 1.29 is 9.53 Å². The first-order valence-corrected chi connectivity index (χ1v) is 6.26. The van der Waals surface area contributed by atoms with Crippen LogP contribution in [0.4, 0.5) is 0 Å². The molecule has 0 aromatic rings. The van der Waals surface area contributed by atoms with E-state index in [1.807, 2.05) is 6.92 Å². The van der Waals surface area contributed by atoms with Crippen molar-refractivity contribution in [3.8, 4) is 0 Å². The summed E-state index contributed by atoms with van der Waals surface area (Å²) in [6, 6.07) is 0. The number of amides is 1. The molecule has 0 aromatic heterocycles. The minimum Gasteiger partial charge on any atom is -0.380 e. The Kier molecular flexibility index (Phi) is 5.36. The van der Waals surface area contributed by atoms with Gasteiger partial charge in [-0.05, 0) is 39.8 Å². The van der Waals surface area contributed by atoms with Crippen molar-refractivity contribution in [2.75, 3.05) is 33.8 Å². The Labute approximate surface area is 104 Å². The van der Waals surface area contributed by atoms with Gasteiger partial charge in [0.2, 0.25) is 5.91 Å². The number of nitrogens with two attached hydrogens (primary N) is 1. The van der Waals surface area contributed by atoms with Gasteiger partial charge in [0, 0.05) is 20.2 Å². The maximum Gasteiger partial charge on any atom is 0.237 e. The molecule has 5 nitrogen and oxygen atoms in total. The van der Waals surface area contributed by atoms with Gasteiger partial charge in [-0.3, -0.25) is 4.79 Å². The van der Waals surface area contributed by atoms with Crippen molar-refractivity contribution in [2.24, 2.45) is 5.73 Å². The lowest BCUT2D eigenvalue weighted by Gasteiger charge is -2.34. The molecular weight excluding hydrogens is 218 g/mol. The number of nitrogens with zero attached hydrogens (tertiary/aromatic N) is 1. The molecule has 0 bridgehead atoms. The fraction of sp³-hybridized carbons (Fsp3) is 0.917. The molecule has 2 unspecified atom stereocenters. The summed E-state index contributed by atoms with van der Waals surface area (Å²) in [6.45, 7) is 4.76. The van der Waals surface area contributed by atoms with Crippen molar-refractivity contribution in [3.63, 3.8) is 0 Å². The highest BCUT2D eigenvalue weighted by Crippen LogP contribution is 2.15. The van der Waals surface area contributed by atoms with Gasteiger partial charge in [-0.1, -0.05) is 0 Å². The fourth-order valence-corrected chi connectivity index (χ4v) is 2.16. The van der Waals surface area contributed by atoms with E-state index >= 15 is 0 Å². The number of nitrogens with one attached hydrogen (secondary N) is 1. The van der Waals surface area contributed by atoms with E-state index in [1.165, 1.54) is 0 Å². The molecule has 0 aliphatic carbocycles. The average Bonchev–Trinajstić information content (AvgIpc) is 2.36. The maximum absolute atomic E-state index is 11.4. The number of likely N-dealkylation sites (tertiary alicyclic amines) is 1. The molecule has 1 fully saturated rings. The predicted octanol–water partition coefficient (Wildman–Crippen LogP) is -0.0493. The van der Waals surface area contributed by atoms with Gasteiger partial charge in [-0.25, -0.2) is 0 Å². The summed E-state index contributed by atoms with van der Waals surface area (Å²) < 4.78 is 5.38. The van der Waals surface area contributed by atoms with Crippen LogP contribution in [0.5, 0.6) is 0 Å². The van der Waals surface area contributed by atoms with Crippen LogP contribution >= 0.6 is 0 Å². The summed E-state index contributed by atoms with van der Waals surface area (Å²) >= 11 is 0. The van der Waals surface area contributed by atoms with Crippen LogP contribution in [0.1, 0.15) is 26.2 Å². The van der Waals surface area contributed by atoms with Crippen molar-refractivity contribution in [1.82, 2.24) is 10.2 Å². The summed E-state index contributed by atoms with van der Waals surface area (Å²) in [7, 11) is 3.54. The van der Waals surface area contributed by atoms with Gasteiger partial charge < -0.3 is 20.7 Å². The highest BCUT2D eigenvalue weighted by atomic mass is 16.5. The second kappa shape index (κ2) is 6.33. The van der Waals surface area contributed by atoms with Gasteiger partial charge in [0.15, 0.2) is 0 Å². The van der Waals surface area contributed by atoms with Crippen LogP contribution in [0.2, 0.25) is 0 Å². The Morgan fingerprint density at radius 1 is 1.65 bits per heavy atom. The second-order valence-corrected chi connectivity index (χ2v) is 5.00. The molecule has 5 heteroatoms. The Morgan fingerprint density at radius 3 is 2.88 bits per heavy atom. The first kappa shape index (κ1) is 14.4. The van der Waals surface area contributed by atoms with Crippen molar-refractivity contribution >= 4 is 5.91 Å². The number of hydrogen-bond donors (Lipinski definition) is 2. The zero-order chi connectivity index (χ0) is 12.9. The van der Waals surface area contributed by atoms with Gasteiger partial charge in [0.25, 0.3) is 0 Å². The Hall–Kier alpha value is -0.650. The van der Waals surface area contributed by atoms with Crippen LogP contribution in [0, 0.1) is 0 Å². The van der Waals surface area contributed by atoms with Gasteiger partial charge >= 0.3 is 0 Å². The van der Waals surface area contributed by atoms with Crippen LogP contribution in [-0.2, 0) is 9.53 Å². The Bertz CT molecular complexity index is 260. The third-order valence-electron chi connectivity index (χ3n) is 3.82. The summed E-state index contributed by atoms with van der Waals surface area (Å²) in [5.74, 6) is -0.291. The normalized spacial score (nSPS) is 25.5. The van der Waals surface area contributed by atoms with E-state index in [-0.39, 0.29) is 5.91 Å². The van der Waals surface area contributed by atoms with E-state index in [9.17, 15) is 4.79 Å². The Balaban J connectivity index is 2.41. The average molecular weight is 243 g/mol. The molecule has 3 N–H and O–H groups in total. The van der Waals surface area contributed by atoms with E-state index < -0.39 is 5.54 Å². The van der Waals surface area contributed by atoms with Gasteiger partial charge in [0.05, 0.1) is 11.6 Å². The minimum atomic E-state index is -0.611. The lowest BCUT2D eigenvalue weighted by molar-refractivity contribution is -0.124. The number of piperidine rings is 1. The smallest absolute Gasteiger partial charge is 0.237 e. The van der Waals surface area contributed by atoms with Gasteiger partial charge in [-0.15, -0.1) is 0 Å². The number of carbonyl (C=O) groups is 1. The number of methoxy groups -OCH3 is 1. The predicted molar refractivity (Wildman–Crippen MR) is 67.7 cm³/mol. The number of ether oxygens (including phenoxy) is 1. The number of carbonyl (C=O) groups excluding carboxylic acids is 1. The minimum absolute atomic E-state index is 0.291. The second-order valence-electron chi connectivity index (χ2n) is 5.00. The molecule has 0 aromatic carbocycles. The van der Waals surface area contributed by atoms with Crippen LogP contribution in [-0.4, -0.2) is 56.2 Å². The molecule has 0 spiro atoms. The van der Waals surface area contributed by atoms with Gasteiger partial charge in [0.1, 0.15) is 0 Å². The van der Waals surface area contributed by atoms with Crippen molar-refractivity contribution in [1.29, 1.82) is 0 Å². The Morgan fingerprint density at radius 2 is 2.35 bits per heavy atom. The van der Waals surface area contributed by atoms with E-state index in [0.29, 0.717) is 6.10 Å². The quantitative estimate of drug-likeness (QED) is 0.686. The van der Waals surface area contributed by atoms with Crippen molar-refractivity contribution in [3.05, 3.63) is 0 Å². The van der Waals surface area contributed by atoms with Gasteiger partial charge in [-0.2, -0.15) is 0 Å². The largest absolute Gasteiger partial charge is 0.380 e. The highest BCUT2D eigenvalue weighted by Gasteiger charge is 2.30. The summed E-state index contributed by atoms with van der Waals surface area (Å²) in [5.41, 5.74) is 4.79. The molecular formula is C12H25N3O2. The highest BCUT2D eigenvalue weighted by molar-refractivity contribution is 5.84. The topological polar surface area (TPSA) is 67.6 Å². The van der Waals surface area contributed by atoms with Crippen LogP contribution in [0.3, 0.4) is 0 Å². The molecule has 1 rings (SSSR count). The third-order valence-corrected chi connectivity index (χ3v) is 3.82. The van der Waals surface area contributed by atoms with E-state index in [2.05, 4.69) is 10.2 Å². The molecule has 0 saturated carbocycles. The zero-order valence-electron chi connectivity index (χ0n) is 11.2. The lowest BCUT2D eigenvalue weighted by atomic mass is 9.96. The van der Waals surface area contributed by atoms with Crippen LogP contribution < -0.4 is 11.1 Å². The third kappa shape index (κ3) is 3.94. The number of primary amides is 1. The summed E-state index contributed by atoms with van der Waals surface area (Å²) in [4.78, 5) is 13.7. The summed E-state index contributed by atoms with van der Waals surface area (Å²) in [5, 5.41) is 3.01. The molecule has 1 saturated heterocycles. The lowest BCUT2D eigenvalue weighted by Crippen LogP contribution is -2.53. The SMILES string of the molecule is CNC(C)(CCN1CCCC(OC)C1)C(N)=O. The first-order chi connectivity index (χ1) is 8.01. The molecule has 17 heavy (non-hydrogen) atoms. The van der Waals surface area contributed by atoms with Crippen molar-refractivity contribution in [2.45, 2.75) is 37.8 Å². The van der Waals surface area contributed by atoms with E-state index in [4.69, 9.17) is 10.5 Å². The van der Waals surface area contributed by atoms with E-state index in [1.54, 1.807) is 14.2 Å². The molecule has 1 heterocycles. The molecule has 1 aliphatic heterocycles. The standard InChI is InChI=1S/C12H25N3O2/c1-12(14-2,11(13)16)6-8-15-7-4-5-10(9-15)17-3/h10,14H,4-9H2,1-3H3,(H2,13,16). The number of rotatable bonds is 6. The molecule has 1 aliphatic rings. The first-order valence-electron chi connectivity index (χ1n) is 6.26. The molecule has 100 valence electrons. The monoisotopic (exact) mass is 243 g/mol. The molecule has 0 radical (unpaired) electrons. The maximum atomic E-state index is 11.4. The molecule has 1 amide bonds. The molecule has 2 atom stereocenters. The number of hydrogen-bond acceptors (Lipinski definition) is 4. The fourth-order valence-electron chi connectivity index (χ4n) is 2.16. The summed E-state index contributed by atoms with van der Waals surface area (Å²) in [6.07, 6.45) is 3.35.